The standard InChI is InChI=1S/C11H23N3/c1-3-5-9-14(10-6-4-2)11-12-7-8-13-11/h3-10H2,1-2H3,(H,12,13). The van der Waals surface area contributed by atoms with E-state index in [1.54, 1.807) is 0 Å². The van der Waals surface area contributed by atoms with Crippen LogP contribution < -0.4 is 5.32 Å². The number of hydrogen-bond donors (Lipinski definition) is 1. The Hall–Kier alpha value is -0.730. The van der Waals surface area contributed by atoms with Crippen LogP contribution in [-0.2, 0) is 0 Å². The summed E-state index contributed by atoms with van der Waals surface area (Å²) in [6.45, 7) is 8.75. The molecule has 0 saturated carbocycles. The van der Waals surface area contributed by atoms with E-state index in [0.717, 1.165) is 32.1 Å². The van der Waals surface area contributed by atoms with E-state index in [2.05, 4.69) is 29.1 Å². The van der Waals surface area contributed by atoms with E-state index in [-0.39, 0.29) is 0 Å². The van der Waals surface area contributed by atoms with Gasteiger partial charge in [-0.3, -0.25) is 4.99 Å². The molecule has 0 bridgehead atoms. The Bertz CT molecular complexity index is 169. The average Bonchev–Trinajstić information content (AvgIpc) is 2.71. The molecular formula is C11H23N3. The third-order valence-electron chi connectivity index (χ3n) is 2.52. The molecule has 0 spiro atoms. The zero-order chi connectivity index (χ0) is 10.2. The predicted octanol–water partition coefficient (Wildman–Crippen LogP) is 1.85. The molecule has 0 radical (unpaired) electrons. The zero-order valence-corrected chi connectivity index (χ0v) is 9.55. The Morgan fingerprint density at radius 3 is 2.29 bits per heavy atom. The molecule has 0 aliphatic carbocycles. The van der Waals surface area contributed by atoms with Gasteiger partial charge in [-0.1, -0.05) is 26.7 Å². The van der Waals surface area contributed by atoms with Crippen molar-refractivity contribution in [2.24, 2.45) is 4.99 Å². The van der Waals surface area contributed by atoms with Crippen molar-refractivity contribution in [3.05, 3.63) is 0 Å². The van der Waals surface area contributed by atoms with Crippen LogP contribution in [-0.4, -0.2) is 37.0 Å². The first kappa shape index (κ1) is 11.3. The van der Waals surface area contributed by atoms with Gasteiger partial charge >= 0.3 is 0 Å². The monoisotopic (exact) mass is 197 g/mol. The largest absolute Gasteiger partial charge is 0.354 e. The normalized spacial score (nSPS) is 15.1. The molecule has 1 aliphatic rings. The van der Waals surface area contributed by atoms with E-state index in [0.29, 0.717) is 0 Å². The minimum absolute atomic E-state index is 0.948. The third-order valence-corrected chi connectivity index (χ3v) is 2.52. The summed E-state index contributed by atoms with van der Waals surface area (Å²) >= 11 is 0. The van der Waals surface area contributed by atoms with Crippen molar-refractivity contribution in [2.45, 2.75) is 39.5 Å². The molecule has 0 fully saturated rings. The smallest absolute Gasteiger partial charge is 0.194 e. The van der Waals surface area contributed by atoms with Gasteiger partial charge in [-0.05, 0) is 12.8 Å². The summed E-state index contributed by atoms with van der Waals surface area (Å²) in [5, 5.41) is 3.35. The molecule has 0 saturated heterocycles. The number of rotatable bonds is 6. The first-order chi connectivity index (χ1) is 6.88. The Morgan fingerprint density at radius 1 is 1.21 bits per heavy atom. The predicted molar refractivity (Wildman–Crippen MR) is 61.7 cm³/mol. The van der Waals surface area contributed by atoms with Crippen molar-refractivity contribution in [1.29, 1.82) is 0 Å². The molecule has 0 unspecified atom stereocenters. The van der Waals surface area contributed by atoms with Crippen LogP contribution in [0.4, 0.5) is 0 Å². The summed E-state index contributed by atoms with van der Waals surface area (Å²) in [6, 6.07) is 0. The number of nitrogens with one attached hydrogen (secondary N) is 1. The van der Waals surface area contributed by atoms with Crippen molar-refractivity contribution >= 4 is 5.96 Å². The molecule has 3 heteroatoms. The first-order valence-electron chi connectivity index (χ1n) is 5.91. The maximum absolute atomic E-state index is 4.47. The number of hydrogen-bond acceptors (Lipinski definition) is 3. The molecule has 0 atom stereocenters. The van der Waals surface area contributed by atoms with Crippen molar-refractivity contribution in [3.63, 3.8) is 0 Å². The molecule has 82 valence electrons. The lowest BCUT2D eigenvalue weighted by Crippen LogP contribution is -2.39. The van der Waals surface area contributed by atoms with Crippen molar-refractivity contribution < 1.29 is 0 Å². The van der Waals surface area contributed by atoms with Gasteiger partial charge in [0.15, 0.2) is 5.96 Å². The number of guanidine groups is 1. The lowest BCUT2D eigenvalue weighted by molar-refractivity contribution is 0.389. The second-order valence-corrected chi connectivity index (χ2v) is 3.83. The van der Waals surface area contributed by atoms with Gasteiger partial charge in [-0.2, -0.15) is 0 Å². The van der Waals surface area contributed by atoms with Crippen LogP contribution in [0.2, 0.25) is 0 Å². The molecule has 0 aromatic heterocycles. The Balaban J connectivity index is 2.34. The molecule has 0 aromatic rings. The van der Waals surface area contributed by atoms with Crippen LogP contribution in [0.5, 0.6) is 0 Å². The Kier molecular flexibility index (Phi) is 5.42. The van der Waals surface area contributed by atoms with Crippen LogP contribution in [0.15, 0.2) is 4.99 Å². The third kappa shape index (κ3) is 3.56. The fourth-order valence-corrected chi connectivity index (χ4v) is 1.62. The molecule has 1 heterocycles. The quantitative estimate of drug-likeness (QED) is 0.703. The fourth-order valence-electron chi connectivity index (χ4n) is 1.62. The summed E-state index contributed by atoms with van der Waals surface area (Å²) in [5.74, 6) is 1.13. The molecule has 1 rings (SSSR count). The average molecular weight is 197 g/mol. The minimum atomic E-state index is 0.948. The Labute approximate surface area is 87.6 Å². The van der Waals surface area contributed by atoms with E-state index in [1.807, 2.05) is 0 Å². The maximum atomic E-state index is 4.47. The summed E-state index contributed by atoms with van der Waals surface area (Å²) in [7, 11) is 0. The van der Waals surface area contributed by atoms with E-state index in [4.69, 9.17) is 0 Å². The highest BCUT2D eigenvalue weighted by molar-refractivity contribution is 5.81. The molecule has 3 nitrogen and oxygen atoms in total. The molecule has 1 N–H and O–H groups in total. The van der Waals surface area contributed by atoms with Gasteiger partial charge in [0.1, 0.15) is 0 Å². The van der Waals surface area contributed by atoms with Crippen LogP contribution >= 0.6 is 0 Å². The van der Waals surface area contributed by atoms with E-state index in [9.17, 15) is 0 Å². The number of unbranched alkanes of at least 4 members (excludes halogenated alkanes) is 2. The lowest BCUT2D eigenvalue weighted by Gasteiger charge is -2.24. The van der Waals surface area contributed by atoms with Crippen molar-refractivity contribution in [2.75, 3.05) is 26.2 Å². The molecule has 14 heavy (non-hydrogen) atoms. The SMILES string of the molecule is CCCCN(CCCC)C1=NCCN1. The topological polar surface area (TPSA) is 27.6 Å². The lowest BCUT2D eigenvalue weighted by atomic mass is 10.3. The summed E-state index contributed by atoms with van der Waals surface area (Å²) in [5.41, 5.74) is 0. The van der Waals surface area contributed by atoms with E-state index < -0.39 is 0 Å². The van der Waals surface area contributed by atoms with Crippen LogP contribution in [0.25, 0.3) is 0 Å². The fraction of sp³-hybridized carbons (Fsp3) is 0.909. The second kappa shape index (κ2) is 6.68. The first-order valence-corrected chi connectivity index (χ1v) is 5.91. The van der Waals surface area contributed by atoms with Crippen LogP contribution in [0, 0.1) is 0 Å². The Morgan fingerprint density at radius 2 is 1.86 bits per heavy atom. The highest BCUT2D eigenvalue weighted by Gasteiger charge is 2.12. The number of aliphatic imine (C=N–C) groups is 1. The van der Waals surface area contributed by atoms with Gasteiger partial charge < -0.3 is 10.2 Å². The van der Waals surface area contributed by atoms with Gasteiger partial charge in [-0.15, -0.1) is 0 Å². The van der Waals surface area contributed by atoms with Crippen LogP contribution in [0.1, 0.15) is 39.5 Å². The highest BCUT2D eigenvalue weighted by atomic mass is 15.3. The highest BCUT2D eigenvalue weighted by Crippen LogP contribution is 2.02. The van der Waals surface area contributed by atoms with Gasteiger partial charge in [0, 0.05) is 19.6 Å². The van der Waals surface area contributed by atoms with Gasteiger partial charge in [0.25, 0.3) is 0 Å². The summed E-state index contributed by atoms with van der Waals surface area (Å²) < 4.78 is 0. The number of nitrogens with zero attached hydrogens (tertiary/aromatic N) is 2. The van der Waals surface area contributed by atoms with Gasteiger partial charge in [0.05, 0.1) is 6.54 Å². The molecular weight excluding hydrogens is 174 g/mol. The van der Waals surface area contributed by atoms with E-state index >= 15 is 0 Å². The van der Waals surface area contributed by atoms with Gasteiger partial charge in [0.2, 0.25) is 0 Å². The van der Waals surface area contributed by atoms with E-state index in [1.165, 1.54) is 25.7 Å². The molecule has 0 aromatic carbocycles. The summed E-state index contributed by atoms with van der Waals surface area (Å²) in [4.78, 5) is 6.88. The maximum Gasteiger partial charge on any atom is 0.194 e. The van der Waals surface area contributed by atoms with Crippen molar-refractivity contribution in [3.8, 4) is 0 Å². The molecule has 0 amide bonds. The zero-order valence-electron chi connectivity index (χ0n) is 9.55. The molecule has 1 aliphatic heterocycles. The minimum Gasteiger partial charge on any atom is -0.354 e. The van der Waals surface area contributed by atoms with Gasteiger partial charge in [-0.25, -0.2) is 0 Å². The second-order valence-electron chi connectivity index (χ2n) is 3.83. The summed E-state index contributed by atoms with van der Waals surface area (Å²) in [6.07, 6.45) is 5.06. The van der Waals surface area contributed by atoms with Crippen molar-refractivity contribution in [1.82, 2.24) is 10.2 Å². The van der Waals surface area contributed by atoms with Crippen LogP contribution in [0.3, 0.4) is 0 Å².